The number of hydrogen-bond donors (Lipinski definition) is 3. The maximum Gasteiger partial charge on any atom is 0.245 e. The number of hydrogen-bond acceptors (Lipinski definition) is 4. The number of carbonyl (C=O) groups is 3. The standard InChI is InChI=1S/C33H42N4O3/c1-24(2)30(34-3)32(39)36-28(22-26-16-10-6-11-17-26)33(40)37(4)29(23-27-18-12-7-13-19-27)31(38)35-21-20-25-14-8-5-9-15-25/h5-19,24,28-30,34H,20-23H2,1-4H3,(H,35,38)(H,36,39)/t28-,29-,30-/m0/s1. The van der Waals surface area contributed by atoms with Crippen molar-refractivity contribution in [1.82, 2.24) is 20.9 Å². The van der Waals surface area contributed by atoms with E-state index >= 15 is 0 Å². The average Bonchev–Trinajstić information content (AvgIpc) is 2.96. The summed E-state index contributed by atoms with van der Waals surface area (Å²) in [5, 5.41) is 9.05. The Bertz CT molecular complexity index is 1200. The molecule has 3 N–H and O–H groups in total. The van der Waals surface area contributed by atoms with Gasteiger partial charge in [0.05, 0.1) is 6.04 Å². The predicted octanol–water partition coefficient (Wildman–Crippen LogP) is 3.39. The number of carbonyl (C=O) groups excluding carboxylic acids is 3. The van der Waals surface area contributed by atoms with Gasteiger partial charge in [-0.2, -0.15) is 0 Å². The molecule has 0 aliphatic heterocycles. The third-order valence-corrected chi connectivity index (χ3v) is 7.10. The Kier molecular flexibility index (Phi) is 11.9. The highest BCUT2D eigenvalue weighted by atomic mass is 16.2. The summed E-state index contributed by atoms with van der Waals surface area (Å²) in [6.07, 6.45) is 1.37. The van der Waals surface area contributed by atoms with Gasteiger partial charge in [0, 0.05) is 26.4 Å². The first-order valence-corrected chi connectivity index (χ1v) is 13.9. The maximum atomic E-state index is 14.0. The fourth-order valence-electron chi connectivity index (χ4n) is 4.81. The minimum absolute atomic E-state index is 0.0384. The fraction of sp³-hybridized carbons (Fsp3) is 0.364. The Labute approximate surface area is 238 Å². The van der Waals surface area contributed by atoms with Gasteiger partial charge in [-0.3, -0.25) is 14.4 Å². The monoisotopic (exact) mass is 542 g/mol. The molecule has 7 nitrogen and oxygen atoms in total. The molecule has 0 aliphatic rings. The molecule has 0 fully saturated rings. The van der Waals surface area contributed by atoms with Gasteiger partial charge >= 0.3 is 0 Å². The van der Waals surface area contributed by atoms with Crippen molar-refractivity contribution in [3.63, 3.8) is 0 Å². The summed E-state index contributed by atoms with van der Waals surface area (Å²) >= 11 is 0. The van der Waals surface area contributed by atoms with Crippen LogP contribution in [0.3, 0.4) is 0 Å². The molecule has 0 bridgehead atoms. The molecule has 3 aromatic rings. The lowest BCUT2D eigenvalue weighted by Gasteiger charge is -2.32. The Balaban J connectivity index is 1.82. The van der Waals surface area contributed by atoms with E-state index in [4.69, 9.17) is 0 Å². The van der Waals surface area contributed by atoms with E-state index in [1.165, 1.54) is 4.90 Å². The Morgan fingerprint density at radius 3 is 1.73 bits per heavy atom. The predicted molar refractivity (Wildman–Crippen MR) is 160 cm³/mol. The molecular formula is C33H42N4O3. The summed E-state index contributed by atoms with van der Waals surface area (Å²) in [4.78, 5) is 42.2. The first-order chi connectivity index (χ1) is 19.3. The van der Waals surface area contributed by atoms with Gasteiger partial charge in [0.25, 0.3) is 0 Å². The molecule has 0 spiro atoms. The maximum absolute atomic E-state index is 14.0. The van der Waals surface area contributed by atoms with Gasteiger partial charge < -0.3 is 20.9 Å². The molecule has 7 heteroatoms. The molecule has 0 aromatic heterocycles. The smallest absolute Gasteiger partial charge is 0.245 e. The number of nitrogens with zero attached hydrogens (tertiary/aromatic N) is 1. The van der Waals surface area contributed by atoms with E-state index in [2.05, 4.69) is 16.0 Å². The number of rotatable bonds is 14. The molecular weight excluding hydrogens is 500 g/mol. The minimum Gasteiger partial charge on any atom is -0.354 e. The van der Waals surface area contributed by atoms with Gasteiger partial charge in [0.15, 0.2) is 0 Å². The van der Waals surface area contributed by atoms with Gasteiger partial charge in [-0.15, -0.1) is 0 Å². The number of likely N-dealkylation sites (N-methyl/N-ethyl adjacent to an activating group) is 2. The molecule has 3 atom stereocenters. The third-order valence-electron chi connectivity index (χ3n) is 7.10. The van der Waals surface area contributed by atoms with Crippen molar-refractivity contribution < 1.29 is 14.4 Å². The summed E-state index contributed by atoms with van der Waals surface area (Å²) in [5.41, 5.74) is 3.00. The van der Waals surface area contributed by atoms with Crippen LogP contribution in [-0.4, -0.2) is 61.4 Å². The van der Waals surface area contributed by atoms with Crippen molar-refractivity contribution in [2.75, 3.05) is 20.6 Å². The van der Waals surface area contributed by atoms with E-state index in [-0.39, 0.29) is 23.6 Å². The molecule has 0 radical (unpaired) electrons. The number of nitrogens with one attached hydrogen (secondary N) is 3. The average molecular weight is 543 g/mol. The van der Waals surface area contributed by atoms with E-state index in [0.29, 0.717) is 25.8 Å². The summed E-state index contributed by atoms with van der Waals surface area (Å²) in [7, 11) is 3.38. The zero-order valence-corrected chi connectivity index (χ0v) is 24.0. The van der Waals surface area contributed by atoms with Crippen LogP contribution in [-0.2, 0) is 33.6 Å². The van der Waals surface area contributed by atoms with E-state index in [0.717, 1.165) is 16.7 Å². The molecule has 0 aliphatic carbocycles. The second kappa shape index (κ2) is 15.6. The van der Waals surface area contributed by atoms with Crippen molar-refractivity contribution in [2.24, 2.45) is 5.92 Å². The highest BCUT2D eigenvalue weighted by Gasteiger charge is 2.33. The van der Waals surface area contributed by atoms with Crippen LogP contribution in [0, 0.1) is 5.92 Å². The van der Waals surface area contributed by atoms with Crippen molar-refractivity contribution in [1.29, 1.82) is 0 Å². The van der Waals surface area contributed by atoms with Gasteiger partial charge in [0.1, 0.15) is 12.1 Å². The van der Waals surface area contributed by atoms with Crippen LogP contribution in [0.25, 0.3) is 0 Å². The second-order valence-corrected chi connectivity index (χ2v) is 10.4. The molecule has 0 unspecified atom stereocenters. The van der Waals surface area contributed by atoms with Gasteiger partial charge in [-0.05, 0) is 36.1 Å². The fourth-order valence-corrected chi connectivity index (χ4v) is 4.81. The quantitative estimate of drug-likeness (QED) is 0.291. The van der Waals surface area contributed by atoms with Crippen molar-refractivity contribution in [2.45, 2.75) is 51.2 Å². The van der Waals surface area contributed by atoms with Crippen molar-refractivity contribution in [3.8, 4) is 0 Å². The van der Waals surface area contributed by atoms with E-state index in [1.807, 2.05) is 105 Å². The van der Waals surface area contributed by atoms with Crippen LogP contribution < -0.4 is 16.0 Å². The third kappa shape index (κ3) is 9.06. The minimum atomic E-state index is -0.829. The normalized spacial score (nSPS) is 13.2. The van der Waals surface area contributed by atoms with E-state index < -0.39 is 18.1 Å². The van der Waals surface area contributed by atoms with Crippen LogP contribution in [0.15, 0.2) is 91.0 Å². The van der Waals surface area contributed by atoms with Crippen LogP contribution in [0.5, 0.6) is 0 Å². The van der Waals surface area contributed by atoms with Crippen LogP contribution in [0.2, 0.25) is 0 Å². The van der Waals surface area contributed by atoms with E-state index in [9.17, 15) is 14.4 Å². The second-order valence-electron chi connectivity index (χ2n) is 10.4. The summed E-state index contributed by atoms with van der Waals surface area (Å²) < 4.78 is 0. The molecule has 0 saturated carbocycles. The lowest BCUT2D eigenvalue weighted by atomic mass is 9.99. The molecule has 0 saturated heterocycles. The molecule has 0 heterocycles. The van der Waals surface area contributed by atoms with Gasteiger partial charge in [-0.25, -0.2) is 0 Å². The molecule has 3 aromatic carbocycles. The molecule has 3 rings (SSSR count). The SMILES string of the molecule is CN[C@H](C(=O)N[C@@H](Cc1ccccc1)C(=O)N(C)[C@@H](Cc1ccccc1)C(=O)NCCc1ccccc1)C(C)C. The first kappa shape index (κ1) is 30.6. The van der Waals surface area contributed by atoms with Crippen LogP contribution in [0.4, 0.5) is 0 Å². The zero-order valence-electron chi connectivity index (χ0n) is 24.0. The van der Waals surface area contributed by atoms with E-state index in [1.54, 1.807) is 14.1 Å². The molecule has 212 valence electrons. The number of benzene rings is 3. The lowest BCUT2D eigenvalue weighted by molar-refractivity contribution is -0.142. The topological polar surface area (TPSA) is 90.5 Å². The first-order valence-electron chi connectivity index (χ1n) is 13.9. The van der Waals surface area contributed by atoms with Crippen LogP contribution in [0.1, 0.15) is 30.5 Å². The van der Waals surface area contributed by atoms with Gasteiger partial charge in [-0.1, -0.05) is 105 Å². The number of amides is 3. The van der Waals surface area contributed by atoms with Gasteiger partial charge in [0.2, 0.25) is 17.7 Å². The Morgan fingerprint density at radius 2 is 1.23 bits per heavy atom. The van der Waals surface area contributed by atoms with Crippen molar-refractivity contribution >= 4 is 17.7 Å². The Morgan fingerprint density at radius 1 is 0.725 bits per heavy atom. The largest absolute Gasteiger partial charge is 0.354 e. The molecule has 40 heavy (non-hydrogen) atoms. The van der Waals surface area contributed by atoms with Crippen LogP contribution >= 0.6 is 0 Å². The summed E-state index contributed by atoms with van der Waals surface area (Å²) in [6, 6.07) is 27.2. The summed E-state index contributed by atoms with van der Waals surface area (Å²) in [6.45, 7) is 4.37. The molecule has 3 amide bonds. The summed E-state index contributed by atoms with van der Waals surface area (Å²) in [5.74, 6) is -0.741. The highest BCUT2D eigenvalue weighted by molar-refractivity contribution is 5.93. The Hall–Kier alpha value is -3.97. The zero-order chi connectivity index (χ0) is 28.9. The lowest BCUT2D eigenvalue weighted by Crippen LogP contribution is -2.58. The van der Waals surface area contributed by atoms with Crippen molar-refractivity contribution in [3.05, 3.63) is 108 Å². The highest BCUT2D eigenvalue weighted by Crippen LogP contribution is 2.13.